The molecular weight excluding hydrogens is 420 g/mol. The zero-order chi connectivity index (χ0) is 23.3. The first-order valence-corrected chi connectivity index (χ1v) is 9.51. The summed E-state index contributed by atoms with van der Waals surface area (Å²) in [7, 11) is 1.49. The summed E-state index contributed by atoms with van der Waals surface area (Å²) in [4.78, 5) is 49.3. The van der Waals surface area contributed by atoms with Crippen molar-refractivity contribution in [2.75, 3.05) is 25.2 Å². The number of ether oxygens (including phenoxy) is 3. The Hall–Kier alpha value is -4.34. The van der Waals surface area contributed by atoms with Gasteiger partial charge in [-0.25, -0.2) is 14.5 Å². The smallest absolute Gasteiger partial charge is 0.341 e. The molecule has 0 unspecified atom stereocenters. The lowest BCUT2D eigenvalue weighted by Crippen LogP contribution is -2.54. The maximum absolute atomic E-state index is 13.0. The Morgan fingerprint density at radius 2 is 1.78 bits per heavy atom. The van der Waals surface area contributed by atoms with Crippen LogP contribution in [0.4, 0.5) is 10.5 Å². The largest absolute Gasteiger partial charge is 0.497 e. The molecule has 4 amide bonds. The molecule has 0 atom stereocenters. The van der Waals surface area contributed by atoms with E-state index < -0.39 is 30.4 Å². The van der Waals surface area contributed by atoms with Crippen molar-refractivity contribution in [1.82, 2.24) is 5.32 Å². The number of carbonyl (C=O) groups is 4. The standard InChI is InChI=1S/C22H20N2O8/c1-3-31-18-11-13(4-9-17(18)32-12-19(25)26)10-16-20(27)23-22(29)24(21(16)28)14-5-7-15(30-2)8-6-14/h4-11H,3,12H2,1-2H3,(H,25,26)(H,23,27,29)/b16-10-. The third-order valence-corrected chi connectivity index (χ3v) is 4.36. The van der Waals surface area contributed by atoms with Crippen molar-refractivity contribution in [3.05, 3.63) is 53.6 Å². The van der Waals surface area contributed by atoms with E-state index in [0.717, 1.165) is 4.90 Å². The van der Waals surface area contributed by atoms with E-state index in [1.54, 1.807) is 19.1 Å². The molecule has 2 N–H and O–H groups in total. The first-order valence-electron chi connectivity index (χ1n) is 9.51. The van der Waals surface area contributed by atoms with Crippen molar-refractivity contribution in [3.63, 3.8) is 0 Å². The molecule has 3 rings (SSSR count). The molecule has 0 aliphatic carbocycles. The van der Waals surface area contributed by atoms with Gasteiger partial charge in [0.25, 0.3) is 11.8 Å². The minimum Gasteiger partial charge on any atom is -0.497 e. The van der Waals surface area contributed by atoms with E-state index in [4.69, 9.17) is 19.3 Å². The predicted octanol–water partition coefficient (Wildman–Crippen LogP) is 2.22. The number of amides is 4. The van der Waals surface area contributed by atoms with Gasteiger partial charge in [-0.3, -0.25) is 14.9 Å². The maximum atomic E-state index is 13.0. The van der Waals surface area contributed by atoms with Gasteiger partial charge in [0.05, 0.1) is 19.4 Å². The molecule has 10 heteroatoms. The Bertz CT molecular complexity index is 1090. The lowest BCUT2D eigenvalue weighted by molar-refractivity contribution is -0.139. The number of aliphatic carboxylic acids is 1. The van der Waals surface area contributed by atoms with Gasteiger partial charge in [0.1, 0.15) is 11.3 Å². The van der Waals surface area contributed by atoms with Crippen molar-refractivity contribution < 1.29 is 38.5 Å². The molecule has 1 saturated heterocycles. The van der Waals surface area contributed by atoms with Crippen LogP contribution in [-0.2, 0) is 14.4 Å². The van der Waals surface area contributed by atoms with Crippen molar-refractivity contribution in [2.24, 2.45) is 0 Å². The molecule has 1 heterocycles. The highest BCUT2D eigenvalue weighted by Crippen LogP contribution is 2.30. The van der Waals surface area contributed by atoms with Crippen LogP contribution in [0.25, 0.3) is 6.08 Å². The van der Waals surface area contributed by atoms with E-state index in [1.165, 1.54) is 43.5 Å². The minimum atomic E-state index is -1.15. The number of anilines is 1. The van der Waals surface area contributed by atoms with Crippen LogP contribution >= 0.6 is 0 Å². The van der Waals surface area contributed by atoms with Gasteiger partial charge in [-0.2, -0.15) is 0 Å². The molecular formula is C22H20N2O8. The van der Waals surface area contributed by atoms with Crippen LogP contribution < -0.4 is 24.4 Å². The summed E-state index contributed by atoms with van der Waals surface area (Å²) in [5.74, 6) is -1.80. The summed E-state index contributed by atoms with van der Waals surface area (Å²) in [5.41, 5.74) is 0.417. The summed E-state index contributed by atoms with van der Waals surface area (Å²) in [6, 6.07) is 9.84. The number of rotatable bonds is 8. The second-order valence-corrected chi connectivity index (χ2v) is 6.48. The van der Waals surface area contributed by atoms with E-state index in [1.807, 2.05) is 0 Å². The molecule has 0 radical (unpaired) electrons. The van der Waals surface area contributed by atoms with Gasteiger partial charge in [-0.1, -0.05) is 6.07 Å². The Kier molecular flexibility index (Phi) is 6.74. The van der Waals surface area contributed by atoms with E-state index in [0.29, 0.717) is 11.3 Å². The van der Waals surface area contributed by atoms with Crippen molar-refractivity contribution in [1.29, 1.82) is 0 Å². The van der Waals surface area contributed by atoms with Gasteiger partial charge >= 0.3 is 12.0 Å². The van der Waals surface area contributed by atoms with Crippen molar-refractivity contribution in [2.45, 2.75) is 6.92 Å². The van der Waals surface area contributed by atoms with Gasteiger partial charge < -0.3 is 19.3 Å². The number of carbonyl (C=O) groups excluding carboxylic acids is 3. The number of methoxy groups -OCH3 is 1. The summed E-state index contributed by atoms with van der Waals surface area (Å²) in [5, 5.41) is 10.9. The van der Waals surface area contributed by atoms with Crippen LogP contribution in [0.3, 0.4) is 0 Å². The SMILES string of the molecule is CCOc1cc(/C=C2/C(=O)NC(=O)N(c3ccc(OC)cc3)C2=O)ccc1OCC(=O)O. The van der Waals surface area contributed by atoms with Crippen LogP contribution in [-0.4, -0.2) is 49.2 Å². The monoisotopic (exact) mass is 440 g/mol. The lowest BCUT2D eigenvalue weighted by Gasteiger charge is -2.26. The highest BCUT2D eigenvalue weighted by atomic mass is 16.5. The molecule has 1 fully saturated rings. The van der Waals surface area contributed by atoms with Crippen LogP contribution in [0.2, 0.25) is 0 Å². The van der Waals surface area contributed by atoms with E-state index in [2.05, 4.69) is 5.32 Å². The summed E-state index contributed by atoms with van der Waals surface area (Å²) in [6.45, 7) is 1.46. The van der Waals surface area contributed by atoms with Gasteiger partial charge in [-0.15, -0.1) is 0 Å². The summed E-state index contributed by atoms with van der Waals surface area (Å²) >= 11 is 0. The number of hydrogen-bond donors (Lipinski definition) is 2. The topological polar surface area (TPSA) is 131 Å². The fraction of sp³-hybridized carbons (Fsp3) is 0.182. The van der Waals surface area contributed by atoms with E-state index >= 15 is 0 Å². The van der Waals surface area contributed by atoms with Gasteiger partial charge in [-0.05, 0) is 55.0 Å². The third-order valence-electron chi connectivity index (χ3n) is 4.36. The number of carboxylic acids is 1. The highest BCUT2D eigenvalue weighted by Gasteiger charge is 2.36. The Morgan fingerprint density at radius 1 is 1.06 bits per heavy atom. The number of nitrogens with zero attached hydrogens (tertiary/aromatic N) is 1. The molecule has 0 spiro atoms. The molecule has 2 aromatic rings. The molecule has 1 aliphatic rings. The summed E-state index contributed by atoms with van der Waals surface area (Å²) in [6.07, 6.45) is 1.31. The maximum Gasteiger partial charge on any atom is 0.341 e. The molecule has 166 valence electrons. The number of nitrogens with one attached hydrogen (secondary N) is 1. The zero-order valence-corrected chi connectivity index (χ0v) is 17.3. The van der Waals surface area contributed by atoms with Crippen LogP contribution in [0.15, 0.2) is 48.0 Å². The first-order chi connectivity index (χ1) is 15.3. The second kappa shape index (κ2) is 9.65. The Labute approximate surface area is 183 Å². The van der Waals surface area contributed by atoms with Crippen molar-refractivity contribution in [3.8, 4) is 17.2 Å². The van der Waals surface area contributed by atoms with Crippen LogP contribution in [0.5, 0.6) is 17.2 Å². The molecule has 1 aliphatic heterocycles. The zero-order valence-electron chi connectivity index (χ0n) is 17.3. The number of hydrogen-bond acceptors (Lipinski definition) is 7. The number of carboxylic acid groups (broad SMARTS) is 1. The molecule has 2 aromatic carbocycles. The molecule has 0 bridgehead atoms. The van der Waals surface area contributed by atoms with Gasteiger partial charge in [0.15, 0.2) is 18.1 Å². The van der Waals surface area contributed by atoms with Crippen molar-refractivity contribution >= 4 is 35.6 Å². The Morgan fingerprint density at radius 3 is 2.41 bits per heavy atom. The second-order valence-electron chi connectivity index (χ2n) is 6.48. The number of imide groups is 2. The number of barbiturate groups is 1. The van der Waals surface area contributed by atoms with Gasteiger partial charge in [0, 0.05) is 0 Å². The quantitative estimate of drug-likeness (QED) is 0.472. The normalized spacial score (nSPS) is 14.9. The molecule has 32 heavy (non-hydrogen) atoms. The number of benzene rings is 2. The first kappa shape index (κ1) is 22.3. The third kappa shape index (κ3) is 4.86. The predicted molar refractivity (Wildman–Crippen MR) is 113 cm³/mol. The lowest BCUT2D eigenvalue weighted by atomic mass is 10.1. The van der Waals surface area contributed by atoms with Gasteiger partial charge in [0.2, 0.25) is 0 Å². The number of urea groups is 1. The van der Waals surface area contributed by atoms with Crippen LogP contribution in [0.1, 0.15) is 12.5 Å². The fourth-order valence-electron chi connectivity index (χ4n) is 2.93. The van der Waals surface area contributed by atoms with E-state index in [-0.39, 0.29) is 29.4 Å². The minimum absolute atomic E-state index is 0.200. The molecule has 0 saturated carbocycles. The van der Waals surface area contributed by atoms with E-state index in [9.17, 15) is 19.2 Å². The van der Waals surface area contributed by atoms with Crippen LogP contribution in [0, 0.1) is 0 Å². The molecule has 0 aromatic heterocycles. The summed E-state index contributed by atoms with van der Waals surface area (Å²) < 4.78 is 15.7. The highest BCUT2D eigenvalue weighted by molar-refractivity contribution is 6.39. The average molecular weight is 440 g/mol. The average Bonchev–Trinajstić information content (AvgIpc) is 2.76. The molecule has 10 nitrogen and oxygen atoms in total. The fourth-order valence-corrected chi connectivity index (χ4v) is 2.93. The Balaban J connectivity index is 1.94.